The summed E-state index contributed by atoms with van der Waals surface area (Å²) in [6.07, 6.45) is 7.49. The van der Waals surface area contributed by atoms with Crippen LogP contribution in [0.25, 0.3) is 6.08 Å². The first-order valence-electron chi connectivity index (χ1n) is 9.38. The topological polar surface area (TPSA) is 6.25 Å². The molecule has 1 atom stereocenters. The van der Waals surface area contributed by atoms with Crippen LogP contribution < -0.4 is 4.90 Å². The summed E-state index contributed by atoms with van der Waals surface area (Å²) in [5, 5.41) is 2.12. The molecule has 0 bridgehead atoms. The third-order valence-corrected chi connectivity index (χ3v) is 6.33. The zero-order valence-corrected chi connectivity index (χ0v) is 17.1. The molecular weight excluding hydrogens is 336 g/mol. The van der Waals surface area contributed by atoms with Gasteiger partial charge in [-0.05, 0) is 56.8 Å². The van der Waals surface area contributed by atoms with Crippen molar-refractivity contribution < 1.29 is 4.58 Å². The Kier molecular flexibility index (Phi) is 5.47. The second kappa shape index (κ2) is 7.63. The molecule has 0 N–H and O–H groups in total. The molecule has 26 heavy (non-hydrogen) atoms. The highest BCUT2D eigenvalue weighted by Crippen LogP contribution is 2.44. The second-order valence-electron chi connectivity index (χ2n) is 6.99. The first kappa shape index (κ1) is 18.7. The fourth-order valence-corrected chi connectivity index (χ4v) is 4.65. The molecule has 3 rings (SSSR count). The van der Waals surface area contributed by atoms with Gasteiger partial charge in [0.2, 0.25) is 5.69 Å². The van der Waals surface area contributed by atoms with Crippen LogP contribution in [0.4, 0.5) is 11.4 Å². The number of fused-ring (bicyclic) bond motifs is 1. The van der Waals surface area contributed by atoms with Gasteiger partial charge in [0.25, 0.3) is 0 Å². The van der Waals surface area contributed by atoms with Crippen molar-refractivity contribution in [1.29, 1.82) is 0 Å². The van der Waals surface area contributed by atoms with Crippen LogP contribution in [0.15, 0.2) is 54.4 Å². The lowest BCUT2D eigenvalue weighted by molar-refractivity contribution is -0.401. The molecule has 0 spiro atoms. The average Bonchev–Trinajstić information content (AvgIpc) is 3.22. The van der Waals surface area contributed by atoms with Crippen LogP contribution in [0, 0.1) is 0 Å². The van der Waals surface area contributed by atoms with Crippen molar-refractivity contribution in [2.45, 2.75) is 32.6 Å². The van der Waals surface area contributed by atoms with Crippen molar-refractivity contribution in [1.82, 2.24) is 0 Å². The van der Waals surface area contributed by atoms with E-state index in [0.29, 0.717) is 0 Å². The Balaban J connectivity index is 2.08. The van der Waals surface area contributed by atoms with E-state index < -0.39 is 0 Å². The Morgan fingerprint density at radius 3 is 2.58 bits per heavy atom. The lowest BCUT2D eigenvalue weighted by Crippen LogP contribution is -2.30. The molecule has 1 aliphatic rings. The number of anilines is 1. The van der Waals surface area contributed by atoms with Crippen LogP contribution in [-0.2, 0) is 5.41 Å². The Morgan fingerprint density at radius 1 is 1.19 bits per heavy atom. The van der Waals surface area contributed by atoms with E-state index in [1.807, 2.05) is 6.08 Å². The highest BCUT2D eigenvalue weighted by Gasteiger charge is 2.45. The van der Waals surface area contributed by atoms with Gasteiger partial charge in [-0.3, -0.25) is 0 Å². The van der Waals surface area contributed by atoms with E-state index in [0.717, 1.165) is 19.5 Å². The number of allylic oxidation sites excluding steroid dienone is 2. The molecule has 0 saturated carbocycles. The Morgan fingerprint density at radius 2 is 1.96 bits per heavy atom. The van der Waals surface area contributed by atoms with Crippen molar-refractivity contribution in [2.24, 2.45) is 0 Å². The van der Waals surface area contributed by atoms with Crippen LogP contribution >= 0.6 is 11.3 Å². The van der Waals surface area contributed by atoms with E-state index in [4.69, 9.17) is 0 Å². The van der Waals surface area contributed by atoms with E-state index in [9.17, 15) is 0 Å². The molecule has 1 aromatic carbocycles. The van der Waals surface area contributed by atoms with Gasteiger partial charge in [0.1, 0.15) is 7.05 Å². The maximum absolute atomic E-state index is 4.04. The summed E-state index contributed by atoms with van der Waals surface area (Å²) in [5.74, 6) is 0. The molecule has 2 aromatic rings. The van der Waals surface area contributed by atoms with Gasteiger partial charge in [-0.2, -0.15) is 4.58 Å². The molecule has 0 amide bonds. The lowest BCUT2D eigenvalue weighted by atomic mass is 9.76. The van der Waals surface area contributed by atoms with E-state index in [1.54, 1.807) is 11.3 Å². The number of thiophene rings is 1. The number of hydrogen-bond donors (Lipinski definition) is 0. The van der Waals surface area contributed by atoms with E-state index in [1.165, 1.54) is 27.5 Å². The van der Waals surface area contributed by atoms with E-state index in [2.05, 4.69) is 91.7 Å². The van der Waals surface area contributed by atoms with Crippen LogP contribution in [-0.4, -0.2) is 30.4 Å². The summed E-state index contributed by atoms with van der Waals surface area (Å²) >= 11 is 1.77. The Labute approximate surface area is 161 Å². The van der Waals surface area contributed by atoms with Crippen LogP contribution in [0.2, 0.25) is 0 Å². The molecule has 0 fully saturated rings. The zero-order valence-electron chi connectivity index (χ0n) is 16.3. The highest BCUT2D eigenvalue weighted by molar-refractivity contribution is 7.10. The van der Waals surface area contributed by atoms with Crippen LogP contribution in [0.3, 0.4) is 0 Å². The number of rotatable bonds is 7. The van der Waals surface area contributed by atoms with E-state index in [-0.39, 0.29) is 5.41 Å². The third-order valence-electron chi connectivity index (χ3n) is 5.49. The number of benzene rings is 1. The van der Waals surface area contributed by atoms with Gasteiger partial charge in [0, 0.05) is 41.4 Å². The van der Waals surface area contributed by atoms with Crippen molar-refractivity contribution in [3.63, 3.8) is 0 Å². The molecule has 1 unspecified atom stereocenters. The summed E-state index contributed by atoms with van der Waals surface area (Å²) in [6, 6.07) is 11.2. The van der Waals surface area contributed by atoms with Gasteiger partial charge in [0.15, 0.2) is 5.71 Å². The fraction of sp³-hybridized carbons (Fsp3) is 0.348. The monoisotopic (exact) mass is 365 g/mol. The fourth-order valence-electron chi connectivity index (χ4n) is 4.03. The van der Waals surface area contributed by atoms with Crippen molar-refractivity contribution in [2.75, 3.05) is 25.0 Å². The molecule has 0 saturated heterocycles. The number of hydrogen-bond acceptors (Lipinski definition) is 2. The summed E-state index contributed by atoms with van der Waals surface area (Å²) in [5.41, 5.74) is 5.28. The summed E-state index contributed by atoms with van der Waals surface area (Å²) in [7, 11) is 2.18. The molecule has 2 heterocycles. The molecule has 2 nitrogen and oxygen atoms in total. The minimum absolute atomic E-state index is 0.0528. The summed E-state index contributed by atoms with van der Waals surface area (Å²) < 4.78 is 2.34. The van der Waals surface area contributed by atoms with E-state index >= 15 is 0 Å². The van der Waals surface area contributed by atoms with Crippen molar-refractivity contribution >= 4 is 34.5 Å². The first-order valence-corrected chi connectivity index (χ1v) is 10.3. The first-order chi connectivity index (χ1) is 12.5. The second-order valence-corrected chi connectivity index (χ2v) is 7.97. The van der Waals surface area contributed by atoms with Gasteiger partial charge < -0.3 is 4.90 Å². The highest BCUT2D eigenvalue weighted by atomic mass is 32.1. The maximum Gasteiger partial charge on any atom is 0.209 e. The predicted molar refractivity (Wildman–Crippen MR) is 116 cm³/mol. The summed E-state index contributed by atoms with van der Waals surface area (Å²) in [6.45, 7) is 12.9. The smallest absolute Gasteiger partial charge is 0.209 e. The van der Waals surface area contributed by atoms with Crippen molar-refractivity contribution in [3.8, 4) is 0 Å². The minimum atomic E-state index is -0.0528. The Hall–Kier alpha value is -2.13. The normalized spacial score (nSPS) is 19.2. The summed E-state index contributed by atoms with van der Waals surface area (Å²) in [4.78, 5) is 3.69. The molecule has 0 aliphatic carbocycles. The molecule has 0 radical (unpaired) electrons. The quantitative estimate of drug-likeness (QED) is 0.439. The standard InChI is InChI=1S/C23H29N2S/c1-6-15-23(4)20-17-18(25(7-2)8-3)11-13-21(20)24(5)22(23)14-12-19-10-9-16-26-19/h6,9-14,16-17H,1,7-8,15H2,2-5H3/q+1/b14-12+. The number of nitrogens with zero attached hydrogens (tertiary/aromatic N) is 2. The van der Waals surface area contributed by atoms with Crippen molar-refractivity contribution in [3.05, 3.63) is 64.9 Å². The molecule has 136 valence electrons. The SMILES string of the molecule is C=CCC1(C)C(/C=C/c2cccs2)=[N+](C)c2ccc(N(CC)CC)cc21. The molecule has 1 aliphatic heterocycles. The maximum atomic E-state index is 4.04. The Bertz CT molecular complexity index is 841. The van der Waals surface area contributed by atoms with Crippen LogP contribution in [0.1, 0.15) is 37.6 Å². The third kappa shape index (κ3) is 3.16. The molecule has 1 aromatic heterocycles. The van der Waals surface area contributed by atoms with Gasteiger partial charge in [0.05, 0.1) is 5.41 Å². The lowest BCUT2D eigenvalue weighted by Gasteiger charge is -2.24. The largest absolute Gasteiger partial charge is 0.372 e. The van der Waals surface area contributed by atoms with Gasteiger partial charge in [-0.15, -0.1) is 17.9 Å². The molecule has 3 heteroatoms. The van der Waals surface area contributed by atoms with Gasteiger partial charge in [-0.25, -0.2) is 0 Å². The van der Waals surface area contributed by atoms with Crippen LogP contribution in [0.5, 0.6) is 0 Å². The average molecular weight is 366 g/mol. The predicted octanol–water partition coefficient (Wildman–Crippen LogP) is 5.87. The van der Waals surface area contributed by atoms with Gasteiger partial charge in [-0.1, -0.05) is 12.1 Å². The van der Waals surface area contributed by atoms with Gasteiger partial charge >= 0.3 is 0 Å². The molecular formula is C23H29N2S+. The minimum Gasteiger partial charge on any atom is -0.372 e. The zero-order chi connectivity index (χ0) is 18.7.